The van der Waals surface area contributed by atoms with Gasteiger partial charge in [0.2, 0.25) is 0 Å². The van der Waals surface area contributed by atoms with Crippen LogP contribution in [0.25, 0.3) is 0 Å². The van der Waals surface area contributed by atoms with Crippen molar-refractivity contribution in [2.75, 3.05) is 17.7 Å². The molecule has 0 saturated carbocycles. The number of hydrogen-bond acceptors (Lipinski definition) is 3. The summed E-state index contributed by atoms with van der Waals surface area (Å²) in [5, 5.41) is 5.67. The second-order valence-corrected chi connectivity index (χ2v) is 5.06. The van der Waals surface area contributed by atoms with E-state index in [0.717, 1.165) is 5.56 Å². The van der Waals surface area contributed by atoms with Crippen molar-refractivity contribution in [1.82, 2.24) is 0 Å². The van der Waals surface area contributed by atoms with E-state index >= 15 is 0 Å². The highest BCUT2D eigenvalue weighted by molar-refractivity contribution is 6.31. The predicted octanol–water partition coefficient (Wildman–Crippen LogP) is 4.08. The first-order chi connectivity index (χ1) is 10.5. The predicted molar refractivity (Wildman–Crippen MR) is 86.6 cm³/mol. The molecule has 22 heavy (non-hydrogen) atoms. The van der Waals surface area contributed by atoms with Crippen LogP contribution in [-0.2, 0) is 4.74 Å². The van der Waals surface area contributed by atoms with E-state index in [2.05, 4.69) is 15.4 Å². The van der Waals surface area contributed by atoms with Gasteiger partial charge >= 0.3 is 12.0 Å². The maximum absolute atomic E-state index is 12.0. The van der Waals surface area contributed by atoms with Gasteiger partial charge in [0.25, 0.3) is 0 Å². The number of halogens is 1. The quantitative estimate of drug-likeness (QED) is 0.838. The lowest BCUT2D eigenvalue weighted by molar-refractivity contribution is 0.0602. The van der Waals surface area contributed by atoms with E-state index in [1.54, 1.807) is 18.2 Å². The number of amides is 2. The minimum Gasteiger partial charge on any atom is -0.465 e. The molecule has 2 aromatic rings. The van der Waals surface area contributed by atoms with E-state index in [0.29, 0.717) is 10.7 Å². The molecule has 0 aliphatic rings. The van der Waals surface area contributed by atoms with Crippen molar-refractivity contribution in [3.63, 3.8) is 0 Å². The summed E-state index contributed by atoms with van der Waals surface area (Å²) in [7, 11) is 1.27. The van der Waals surface area contributed by atoms with E-state index in [1.165, 1.54) is 19.2 Å². The molecule has 0 aromatic heterocycles. The summed E-state index contributed by atoms with van der Waals surface area (Å²) in [6.07, 6.45) is 0. The van der Waals surface area contributed by atoms with Gasteiger partial charge in [-0.15, -0.1) is 0 Å². The SMILES string of the molecule is COC(=O)c1ccc(Cl)cc1NC(=O)Nc1ccc(C)cc1. The third-order valence-corrected chi connectivity index (χ3v) is 3.18. The highest BCUT2D eigenvalue weighted by Gasteiger charge is 2.14. The van der Waals surface area contributed by atoms with Crippen molar-refractivity contribution in [2.45, 2.75) is 6.92 Å². The number of ether oxygens (including phenoxy) is 1. The van der Waals surface area contributed by atoms with Gasteiger partial charge in [-0.3, -0.25) is 0 Å². The molecule has 2 rings (SSSR count). The van der Waals surface area contributed by atoms with E-state index < -0.39 is 12.0 Å². The standard InChI is InChI=1S/C16H15ClN2O3/c1-10-3-6-12(7-4-10)18-16(21)19-14-9-11(17)5-8-13(14)15(20)22-2/h3-9H,1-2H3,(H2,18,19,21). The number of hydrogen-bond donors (Lipinski definition) is 2. The number of anilines is 2. The Morgan fingerprint density at radius 3 is 2.36 bits per heavy atom. The molecule has 2 N–H and O–H groups in total. The lowest BCUT2D eigenvalue weighted by Crippen LogP contribution is -2.21. The third-order valence-electron chi connectivity index (χ3n) is 2.94. The molecule has 0 spiro atoms. The average Bonchev–Trinajstić information content (AvgIpc) is 2.49. The van der Waals surface area contributed by atoms with Crippen molar-refractivity contribution >= 4 is 35.0 Å². The summed E-state index contributed by atoms with van der Waals surface area (Å²) in [4.78, 5) is 23.7. The monoisotopic (exact) mass is 318 g/mol. The van der Waals surface area contributed by atoms with Gasteiger partial charge in [-0.05, 0) is 37.3 Å². The normalized spacial score (nSPS) is 9.95. The zero-order valence-electron chi connectivity index (χ0n) is 12.1. The lowest BCUT2D eigenvalue weighted by atomic mass is 10.2. The summed E-state index contributed by atoms with van der Waals surface area (Å²) in [5.41, 5.74) is 2.24. The minimum absolute atomic E-state index is 0.228. The first-order valence-electron chi connectivity index (χ1n) is 6.52. The van der Waals surface area contributed by atoms with E-state index in [9.17, 15) is 9.59 Å². The highest BCUT2D eigenvalue weighted by atomic mass is 35.5. The number of urea groups is 1. The summed E-state index contributed by atoms with van der Waals surface area (Å²) >= 11 is 5.90. The smallest absolute Gasteiger partial charge is 0.339 e. The molecule has 0 unspecified atom stereocenters. The zero-order chi connectivity index (χ0) is 16.1. The first kappa shape index (κ1) is 15.9. The lowest BCUT2D eigenvalue weighted by Gasteiger charge is -2.11. The largest absolute Gasteiger partial charge is 0.465 e. The molecule has 0 aliphatic heterocycles. The van der Waals surface area contributed by atoms with Crippen LogP contribution in [0.1, 0.15) is 15.9 Å². The molecule has 0 radical (unpaired) electrons. The Hall–Kier alpha value is -2.53. The molecule has 0 atom stereocenters. The van der Waals surface area contributed by atoms with Gasteiger partial charge in [0.1, 0.15) is 0 Å². The summed E-state index contributed by atoms with van der Waals surface area (Å²) < 4.78 is 4.68. The molecule has 0 heterocycles. The maximum Gasteiger partial charge on any atom is 0.339 e. The number of nitrogens with one attached hydrogen (secondary N) is 2. The summed E-state index contributed by atoms with van der Waals surface area (Å²) in [6, 6.07) is 11.4. The van der Waals surface area contributed by atoms with Crippen LogP contribution in [0.4, 0.5) is 16.2 Å². The van der Waals surface area contributed by atoms with Gasteiger partial charge in [-0.1, -0.05) is 29.3 Å². The summed E-state index contributed by atoms with van der Waals surface area (Å²) in [6.45, 7) is 1.96. The van der Waals surface area contributed by atoms with Crippen molar-refractivity contribution in [1.29, 1.82) is 0 Å². The Morgan fingerprint density at radius 1 is 1.05 bits per heavy atom. The molecule has 2 amide bonds. The van der Waals surface area contributed by atoms with Crippen molar-refractivity contribution in [3.8, 4) is 0 Å². The van der Waals surface area contributed by atoms with Crippen LogP contribution in [0.5, 0.6) is 0 Å². The van der Waals surface area contributed by atoms with Crippen LogP contribution in [0, 0.1) is 6.92 Å². The molecule has 0 bridgehead atoms. The average molecular weight is 319 g/mol. The Bertz CT molecular complexity index is 699. The van der Waals surface area contributed by atoms with Crippen LogP contribution in [0.15, 0.2) is 42.5 Å². The van der Waals surface area contributed by atoms with Crippen molar-refractivity contribution < 1.29 is 14.3 Å². The third kappa shape index (κ3) is 3.99. The van der Waals surface area contributed by atoms with Crippen LogP contribution in [0.2, 0.25) is 5.02 Å². The molecule has 114 valence electrons. The van der Waals surface area contributed by atoms with Gasteiger partial charge in [-0.25, -0.2) is 9.59 Å². The fraction of sp³-hybridized carbons (Fsp3) is 0.125. The molecule has 2 aromatic carbocycles. The van der Waals surface area contributed by atoms with Gasteiger partial charge in [0.15, 0.2) is 0 Å². The number of methoxy groups -OCH3 is 1. The Morgan fingerprint density at radius 2 is 1.73 bits per heavy atom. The number of benzene rings is 2. The second-order valence-electron chi connectivity index (χ2n) is 4.63. The number of carbonyl (C=O) groups is 2. The van der Waals surface area contributed by atoms with Crippen LogP contribution in [0.3, 0.4) is 0 Å². The highest BCUT2D eigenvalue weighted by Crippen LogP contribution is 2.22. The van der Waals surface area contributed by atoms with Crippen molar-refractivity contribution in [3.05, 3.63) is 58.6 Å². The topological polar surface area (TPSA) is 67.4 Å². The van der Waals surface area contributed by atoms with Crippen molar-refractivity contribution in [2.24, 2.45) is 0 Å². The molecule has 0 saturated heterocycles. The van der Waals surface area contributed by atoms with Crippen LogP contribution < -0.4 is 10.6 Å². The molecule has 0 aliphatic carbocycles. The van der Waals surface area contributed by atoms with Crippen LogP contribution >= 0.6 is 11.6 Å². The second kappa shape index (κ2) is 6.95. The maximum atomic E-state index is 12.0. The number of aryl methyl sites for hydroxylation is 1. The van der Waals surface area contributed by atoms with Gasteiger partial charge in [0.05, 0.1) is 18.4 Å². The fourth-order valence-corrected chi connectivity index (χ4v) is 2.00. The molecule has 0 fully saturated rings. The number of rotatable bonds is 3. The van der Waals surface area contributed by atoms with E-state index in [-0.39, 0.29) is 11.3 Å². The Balaban J connectivity index is 2.15. The Kier molecular flexibility index (Phi) is 5.01. The van der Waals surface area contributed by atoms with E-state index in [1.807, 2.05) is 19.1 Å². The zero-order valence-corrected chi connectivity index (χ0v) is 12.9. The fourth-order valence-electron chi connectivity index (χ4n) is 1.83. The van der Waals surface area contributed by atoms with E-state index in [4.69, 9.17) is 11.6 Å². The molecular weight excluding hydrogens is 304 g/mol. The minimum atomic E-state index is -0.553. The molecule has 6 heteroatoms. The molecular formula is C16H15ClN2O3. The van der Waals surface area contributed by atoms with Crippen LogP contribution in [-0.4, -0.2) is 19.1 Å². The van der Waals surface area contributed by atoms with Gasteiger partial charge in [-0.2, -0.15) is 0 Å². The number of esters is 1. The first-order valence-corrected chi connectivity index (χ1v) is 6.90. The van der Waals surface area contributed by atoms with Gasteiger partial charge < -0.3 is 15.4 Å². The van der Waals surface area contributed by atoms with Gasteiger partial charge in [0, 0.05) is 10.7 Å². The summed E-state index contributed by atoms with van der Waals surface area (Å²) in [5.74, 6) is -0.553. The molecule has 5 nitrogen and oxygen atoms in total. The number of carbonyl (C=O) groups excluding carboxylic acids is 2. The Labute approximate surface area is 133 Å².